The maximum absolute atomic E-state index is 9.26. The van der Waals surface area contributed by atoms with Crippen molar-refractivity contribution in [3.63, 3.8) is 0 Å². The van der Waals surface area contributed by atoms with E-state index in [-0.39, 0.29) is 11.9 Å². The first-order chi connectivity index (χ1) is 9.81. The zero-order chi connectivity index (χ0) is 13.8. The highest BCUT2D eigenvalue weighted by Crippen LogP contribution is 2.20. The lowest BCUT2D eigenvalue weighted by molar-refractivity contribution is 0.161. The van der Waals surface area contributed by atoms with Crippen molar-refractivity contribution in [1.82, 2.24) is 15.3 Å². The summed E-state index contributed by atoms with van der Waals surface area (Å²) in [6.07, 6.45) is 5.69. The molecule has 2 heterocycles. The van der Waals surface area contributed by atoms with E-state index in [4.69, 9.17) is 4.74 Å². The monoisotopic (exact) mass is 271 g/mol. The fourth-order valence-electron chi connectivity index (χ4n) is 2.24. The molecule has 2 N–H and O–H groups in total. The molecule has 5 nitrogen and oxygen atoms in total. The van der Waals surface area contributed by atoms with E-state index in [2.05, 4.69) is 15.3 Å². The summed E-state index contributed by atoms with van der Waals surface area (Å²) in [6, 6.07) is 6.83. The van der Waals surface area contributed by atoms with Gasteiger partial charge in [-0.15, -0.1) is 0 Å². The molecule has 5 heteroatoms. The van der Waals surface area contributed by atoms with Crippen LogP contribution in [0.4, 0.5) is 0 Å². The van der Waals surface area contributed by atoms with Crippen LogP contribution in [0, 0.1) is 0 Å². The third-order valence-corrected chi connectivity index (χ3v) is 3.34. The molecule has 0 spiro atoms. The van der Waals surface area contributed by atoms with Crippen LogP contribution >= 0.6 is 0 Å². The highest BCUT2D eigenvalue weighted by Gasteiger charge is 2.14. The van der Waals surface area contributed by atoms with E-state index in [0.717, 1.165) is 31.5 Å². The Balaban J connectivity index is 1.69. The van der Waals surface area contributed by atoms with Crippen molar-refractivity contribution in [3.8, 4) is 22.9 Å². The number of ether oxygens (including phenoxy) is 1. The average molecular weight is 271 g/mol. The van der Waals surface area contributed by atoms with E-state index in [9.17, 15) is 5.11 Å². The molecule has 0 radical (unpaired) electrons. The van der Waals surface area contributed by atoms with Crippen LogP contribution in [0.3, 0.4) is 0 Å². The van der Waals surface area contributed by atoms with Gasteiger partial charge in [0.1, 0.15) is 11.9 Å². The van der Waals surface area contributed by atoms with E-state index >= 15 is 0 Å². The minimum Gasteiger partial charge on any atom is -0.508 e. The molecule has 0 amide bonds. The Labute approximate surface area is 117 Å². The van der Waals surface area contributed by atoms with Crippen molar-refractivity contribution in [1.29, 1.82) is 0 Å². The molecule has 1 fully saturated rings. The standard InChI is InChI=1S/C15H17N3O2/c19-12-3-1-11(2-4-12)15-17-9-14(10-18-15)20-13-5-7-16-8-6-13/h1-4,9-10,13,16,19H,5-8H2. The summed E-state index contributed by atoms with van der Waals surface area (Å²) < 4.78 is 5.86. The number of phenols is 1. The van der Waals surface area contributed by atoms with Gasteiger partial charge in [-0.1, -0.05) is 0 Å². The third kappa shape index (κ3) is 3.05. The van der Waals surface area contributed by atoms with E-state index in [1.54, 1.807) is 36.7 Å². The highest BCUT2D eigenvalue weighted by molar-refractivity contribution is 5.55. The van der Waals surface area contributed by atoms with E-state index < -0.39 is 0 Å². The Kier molecular flexibility index (Phi) is 3.78. The summed E-state index contributed by atoms with van der Waals surface area (Å²) in [7, 11) is 0. The second kappa shape index (κ2) is 5.88. The molecule has 20 heavy (non-hydrogen) atoms. The molecule has 1 saturated heterocycles. The van der Waals surface area contributed by atoms with Gasteiger partial charge in [-0.3, -0.25) is 0 Å². The molecular weight excluding hydrogens is 254 g/mol. The van der Waals surface area contributed by atoms with Crippen LogP contribution in [0.5, 0.6) is 11.5 Å². The molecule has 0 atom stereocenters. The largest absolute Gasteiger partial charge is 0.508 e. The molecule has 2 aromatic rings. The quantitative estimate of drug-likeness (QED) is 0.893. The van der Waals surface area contributed by atoms with Crippen LogP contribution in [0.1, 0.15) is 12.8 Å². The third-order valence-electron chi connectivity index (χ3n) is 3.34. The predicted molar refractivity (Wildman–Crippen MR) is 75.7 cm³/mol. The van der Waals surface area contributed by atoms with Gasteiger partial charge >= 0.3 is 0 Å². The minimum atomic E-state index is 0.236. The van der Waals surface area contributed by atoms with E-state index in [1.807, 2.05) is 0 Å². The minimum absolute atomic E-state index is 0.236. The van der Waals surface area contributed by atoms with Crippen LogP contribution in [-0.4, -0.2) is 34.3 Å². The Morgan fingerprint density at radius 1 is 1.05 bits per heavy atom. The number of rotatable bonds is 3. The second-order valence-electron chi connectivity index (χ2n) is 4.86. The van der Waals surface area contributed by atoms with Crippen molar-refractivity contribution >= 4 is 0 Å². The summed E-state index contributed by atoms with van der Waals surface area (Å²) >= 11 is 0. The Morgan fingerprint density at radius 2 is 1.70 bits per heavy atom. The first kappa shape index (κ1) is 12.9. The maximum Gasteiger partial charge on any atom is 0.159 e. The van der Waals surface area contributed by atoms with Crippen LogP contribution in [0.25, 0.3) is 11.4 Å². The van der Waals surface area contributed by atoms with Gasteiger partial charge in [0, 0.05) is 5.56 Å². The SMILES string of the molecule is Oc1ccc(-c2ncc(OC3CCNCC3)cn2)cc1. The number of benzene rings is 1. The second-order valence-corrected chi connectivity index (χ2v) is 4.86. The molecule has 104 valence electrons. The van der Waals surface area contributed by atoms with Gasteiger partial charge in [0.15, 0.2) is 11.6 Å². The van der Waals surface area contributed by atoms with Crippen molar-refractivity contribution in [2.75, 3.05) is 13.1 Å². The Bertz CT molecular complexity index is 548. The number of aromatic nitrogens is 2. The van der Waals surface area contributed by atoms with Gasteiger partial charge in [0.25, 0.3) is 0 Å². The van der Waals surface area contributed by atoms with Crippen LogP contribution < -0.4 is 10.1 Å². The van der Waals surface area contributed by atoms with Gasteiger partial charge in [0.05, 0.1) is 12.4 Å². The Hall–Kier alpha value is -2.14. The summed E-state index contributed by atoms with van der Waals surface area (Å²) in [4.78, 5) is 8.62. The average Bonchev–Trinajstić information content (AvgIpc) is 2.50. The molecule has 1 aliphatic rings. The molecule has 3 rings (SSSR count). The van der Waals surface area contributed by atoms with Gasteiger partial charge in [0.2, 0.25) is 0 Å². The fourth-order valence-corrected chi connectivity index (χ4v) is 2.24. The van der Waals surface area contributed by atoms with Crippen molar-refractivity contribution in [3.05, 3.63) is 36.7 Å². The lowest BCUT2D eigenvalue weighted by Gasteiger charge is -2.23. The van der Waals surface area contributed by atoms with Gasteiger partial charge in [-0.2, -0.15) is 0 Å². The zero-order valence-corrected chi connectivity index (χ0v) is 11.1. The van der Waals surface area contributed by atoms with Gasteiger partial charge < -0.3 is 15.2 Å². The van der Waals surface area contributed by atoms with Crippen LogP contribution in [0.15, 0.2) is 36.7 Å². The predicted octanol–water partition coefficient (Wildman–Crippen LogP) is 1.98. The lowest BCUT2D eigenvalue weighted by atomic mass is 10.1. The molecule has 0 saturated carbocycles. The number of nitrogens with one attached hydrogen (secondary N) is 1. The summed E-state index contributed by atoms with van der Waals surface area (Å²) in [5.41, 5.74) is 0.871. The first-order valence-electron chi connectivity index (χ1n) is 6.80. The number of aromatic hydroxyl groups is 1. The van der Waals surface area contributed by atoms with Crippen molar-refractivity contribution in [2.45, 2.75) is 18.9 Å². The molecule has 1 aromatic carbocycles. The topological polar surface area (TPSA) is 67.3 Å². The normalized spacial score (nSPS) is 16.0. The van der Waals surface area contributed by atoms with Gasteiger partial charge in [-0.05, 0) is 50.2 Å². The molecule has 0 bridgehead atoms. The lowest BCUT2D eigenvalue weighted by Crippen LogP contribution is -2.34. The van der Waals surface area contributed by atoms with Crippen LogP contribution in [0.2, 0.25) is 0 Å². The summed E-state index contributed by atoms with van der Waals surface area (Å²) in [5, 5.41) is 12.6. The molecule has 1 aromatic heterocycles. The summed E-state index contributed by atoms with van der Waals surface area (Å²) in [6.45, 7) is 1.99. The number of hydrogen-bond donors (Lipinski definition) is 2. The maximum atomic E-state index is 9.26. The number of nitrogens with zero attached hydrogens (tertiary/aromatic N) is 2. The fraction of sp³-hybridized carbons (Fsp3) is 0.333. The smallest absolute Gasteiger partial charge is 0.159 e. The first-order valence-corrected chi connectivity index (χ1v) is 6.80. The molecule has 1 aliphatic heterocycles. The van der Waals surface area contributed by atoms with E-state index in [1.165, 1.54) is 0 Å². The molecular formula is C15H17N3O2. The molecule has 0 aliphatic carbocycles. The number of hydrogen-bond acceptors (Lipinski definition) is 5. The zero-order valence-electron chi connectivity index (χ0n) is 11.1. The van der Waals surface area contributed by atoms with Crippen molar-refractivity contribution in [2.24, 2.45) is 0 Å². The van der Waals surface area contributed by atoms with Crippen molar-refractivity contribution < 1.29 is 9.84 Å². The van der Waals surface area contributed by atoms with Gasteiger partial charge in [-0.25, -0.2) is 9.97 Å². The Morgan fingerprint density at radius 3 is 2.35 bits per heavy atom. The number of piperidine rings is 1. The van der Waals surface area contributed by atoms with Crippen LogP contribution in [-0.2, 0) is 0 Å². The van der Waals surface area contributed by atoms with E-state index in [0.29, 0.717) is 11.6 Å². The summed E-state index contributed by atoms with van der Waals surface area (Å²) in [5.74, 6) is 1.57. The number of phenolic OH excluding ortho intramolecular Hbond substituents is 1. The molecule has 0 unspecified atom stereocenters. The highest BCUT2D eigenvalue weighted by atomic mass is 16.5.